The van der Waals surface area contributed by atoms with Gasteiger partial charge in [0.2, 0.25) is 0 Å². The Bertz CT molecular complexity index is 534. The van der Waals surface area contributed by atoms with Gasteiger partial charge in [-0.15, -0.1) is 0 Å². The lowest BCUT2D eigenvalue weighted by molar-refractivity contribution is 0.202. The quantitative estimate of drug-likeness (QED) is 0.916. The molecule has 1 heterocycles. The van der Waals surface area contributed by atoms with Gasteiger partial charge in [-0.05, 0) is 24.6 Å². The molecule has 0 radical (unpaired) electrons. The number of rotatable bonds is 4. The first kappa shape index (κ1) is 13.2. The van der Waals surface area contributed by atoms with E-state index in [2.05, 4.69) is 5.32 Å². The molecule has 0 saturated heterocycles. The molecule has 0 fully saturated rings. The molecule has 0 aliphatic heterocycles. The number of carbonyl (C=O) groups excluding carboxylic acids is 1. The van der Waals surface area contributed by atoms with Crippen LogP contribution in [0.2, 0.25) is 0 Å². The molecule has 0 atom stereocenters. The van der Waals surface area contributed by atoms with Gasteiger partial charge in [-0.1, -0.05) is 30.3 Å². The number of carbonyl (C=O) groups is 1. The summed E-state index contributed by atoms with van der Waals surface area (Å²) in [5.41, 5.74) is 1.08. The Morgan fingerprint density at radius 3 is 2.58 bits per heavy atom. The molecule has 1 aromatic carbocycles. The molecule has 0 saturated carbocycles. The average molecular weight is 258 g/mol. The van der Waals surface area contributed by atoms with E-state index in [9.17, 15) is 4.79 Å². The highest BCUT2D eigenvalue weighted by molar-refractivity contribution is 5.73. The summed E-state index contributed by atoms with van der Waals surface area (Å²) in [6.45, 7) is 2.88. The van der Waals surface area contributed by atoms with Gasteiger partial charge in [0.15, 0.2) is 0 Å². The van der Waals surface area contributed by atoms with Gasteiger partial charge in [-0.2, -0.15) is 0 Å². The van der Waals surface area contributed by atoms with Crippen LogP contribution in [0.4, 0.5) is 4.79 Å². The van der Waals surface area contributed by atoms with Gasteiger partial charge in [-0.25, -0.2) is 4.79 Å². The van der Waals surface area contributed by atoms with Crippen LogP contribution in [0.5, 0.6) is 0 Å². The Kier molecular flexibility index (Phi) is 4.23. The molecule has 0 bridgehead atoms. The monoisotopic (exact) mass is 258 g/mol. The highest BCUT2D eigenvalue weighted by atomic mass is 16.3. The summed E-state index contributed by atoms with van der Waals surface area (Å²) in [5, 5.41) is 2.87. The maximum Gasteiger partial charge on any atom is 0.317 e. The van der Waals surface area contributed by atoms with Crippen molar-refractivity contribution in [2.45, 2.75) is 20.0 Å². The van der Waals surface area contributed by atoms with Crippen LogP contribution in [0.1, 0.15) is 17.1 Å². The Balaban J connectivity index is 1.82. The molecule has 2 rings (SSSR count). The number of nitrogens with zero attached hydrogens (tertiary/aromatic N) is 1. The van der Waals surface area contributed by atoms with Crippen LogP contribution in [-0.2, 0) is 13.1 Å². The molecule has 0 spiro atoms. The lowest BCUT2D eigenvalue weighted by Gasteiger charge is -2.16. The molecule has 1 aromatic heterocycles. The SMILES string of the molecule is Cc1ccc(CN(C)C(=O)NCc2ccccc2)o1. The molecule has 2 aromatic rings. The predicted octanol–water partition coefficient (Wildman–Crippen LogP) is 2.93. The highest BCUT2D eigenvalue weighted by Gasteiger charge is 2.10. The number of hydrogen-bond acceptors (Lipinski definition) is 2. The predicted molar refractivity (Wildman–Crippen MR) is 73.6 cm³/mol. The second-order valence-electron chi connectivity index (χ2n) is 4.51. The van der Waals surface area contributed by atoms with Crippen molar-refractivity contribution in [2.24, 2.45) is 0 Å². The molecule has 0 aliphatic carbocycles. The van der Waals surface area contributed by atoms with Crippen molar-refractivity contribution in [3.8, 4) is 0 Å². The van der Waals surface area contributed by atoms with Crippen molar-refractivity contribution < 1.29 is 9.21 Å². The summed E-state index contributed by atoms with van der Waals surface area (Å²) < 4.78 is 5.45. The van der Waals surface area contributed by atoms with Crippen molar-refractivity contribution >= 4 is 6.03 Å². The van der Waals surface area contributed by atoms with Crippen LogP contribution in [0, 0.1) is 6.92 Å². The van der Waals surface area contributed by atoms with E-state index >= 15 is 0 Å². The normalized spacial score (nSPS) is 10.2. The average Bonchev–Trinajstić information content (AvgIpc) is 2.82. The maximum absolute atomic E-state index is 11.9. The molecule has 2 amide bonds. The van der Waals surface area contributed by atoms with Gasteiger partial charge in [0.1, 0.15) is 11.5 Å². The van der Waals surface area contributed by atoms with Crippen molar-refractivity contribution in [1.82, 2.24) is 10.2 Å². The standard InChI is InChI=1S/C15H18N2O2/c1-12-8-9-14(19-12)11-17(2)15(18)16-10-13-6-4-3-5-7-13/h3-9H,10-11H2,1-2H3,(H,16,18). The third-order valence-corrected chi connectivity index (χ3v) is 2.82. The zero-order valence-electron chi connectivity index (χ0n) is 11.2. The molecule has 0 aliphatic rings. The first-order valence-electron chi connectivity index (χ1n) is 6.23. The van der Waals surface area contributed by atoms with Crippen molar-refractivity contribution in [3.05, 3.63) is 59.5 Å². The number of benzene rings is 1. The summed E-state index contributed by atoms with van der Waals surface area (Å²) in [4.78, 5) is 13.5. The molecule has 100 valence electrons. The summed E-state index contributed by atoms with van der Waals surface area (Å²) in [7, 11) is 1.75. The fraction of sp³-hybridized carbons (Fsp3) is 0.267. The zero-order valence-corrected chi connectivity index (χ0v) is 11.2. The fourth-order valence-electron chi connectivity index (χ4n) is 1.78. The molecule has 0 unspecified atom stereocenters. The van der Waals surface area contributed by atoms with E-state index in [-0.39, 0.29) is 6.03 Å². The smallest absolute Gasteiger partial charge is 0.317 e. The topological polar surface area (TPSA) is 45.5 Å². The maximum atomic E-state index is 11.9. The van der Waals surface area contributed by atoms with Crippen molar-refractivity contribution in [1.29, 1.82) is 0 Å². The Morgan fingerprint density at radius 2 is 1.95 bits per heavy atom. The molecule has 4 nitrogen and oxygen atoms in total. The van der Waals surface area contributed by atoms with E-state index in [1.807, 2.05) is 49.4 Å². The van der Waals surface area contributed by atoms with Gasteiger partial charge < -0.3 is 14.6 Å². The number of hydrogen-bond donors (Lipinski definition) is 1. The third-order valence-electron chi connectivity index (χ3n) is 2.82. The van der Waals surface area contributed by atoms with Gasteiger partial charge >= 0.3 is 6.03 Å². The zero-order chi connectivity index (χ0) is 13.7. The third kappa shape index (κ3) is 3.88. The highest BCUT2D eigenvalue weighted by Crippen LogP contribution is 2.08. The lowest BCUT2D eigenvalue weighted by Crippen LogP contribution is -2.36. The minimum atomic E-state index is -0.113. The van der Waals surface area contributed by atoms with Gasteiger partial charge in [0.25, 0.3) is 0 Å². The second kappa shape index (κ2) is 6.09. The number of nitrogens with one attached hydrogen (secondary N) is 1. The van der Waals surface area contributed by atoms with E-state index in [0.29, 0.717) is 13.1 Å². The van der Waals surface area contributed by atoms with Crippen LogP contribution in [0.25, 0.3) is 0 Å². The number of amides is 2. The van der Waals surface area contributed by atoms with E-state index < -0.39 is 0 Å². The van der Waals surface area contributed by atoms with Gasteiger partial charge in [0.05, 0.1) is 6.54 Å². The van der Waals surface area contributed by atoms with E-state index in [4.69, 9.17) is 4.42 Å². The summed E-state index contributed by atoms with van der Waals surface area (Å²) in [5.74, 6) is 1.64. The van der Waals surface area contributed by atoms with Crippen LogP contribution in [-0.4, -0.2) is 18.0 Å². The molecule has 4 heteroatoms. The van der Waals surface area contributed by atoms with Gasteiger partial charge in [0, 0.05) is 13.6 Å². The Labute approximate surface area is 113 Å². The van der Waals surface area contributed by atoms with Crippen LogP contribution in [0.3, 0.4) is 0 Å². The fourth-order valence-corrected chi connectivity index (χ4v) is 1.78. The summed E-state index contributed by atoms with van der Waals surface area (Å²) in [6.07, 6.45) is 0. The van der Waals surface area contributed by atoms with Gasteiger partial charge in [-0.3, -0.25) is 0 Å². The van der Waals surface area contributed by atoms with Crippen LogP contribution < -0.4 is 5.32 Å². The minimum Gasteiger partial charge on any atom is -0.464 e. The van der Waals surface area contributed by atoms with Crippen molar-refractivity contribution in [3.63, 3.8) is 0 Å². The van der Waals surface area contributed by atoms with Crippen molar-refractivity contribution in [2.75, 3.05) is 7.05 Å². The Hall–Kier alpha value is -2.23. The molecular formula is C15H18N2O2. The summed E-state index contributed by atoms with van der Waals surface area (Å²) in [6, 6.07) is 13.5. The number of urea groups is 1. The number of aryl methyl sites for hydroxylation is 1. The lowest BCUT2D eigenvalue weighted by atomic mass is 10.2. The molecule has 1 N–H and O–H groups in total. The Morgan fingerprint density at radius 1 is 1.21 bits per heavy atom. The van der Waals surface area contributed by atoms with E-state index in [1.54, 1.807) is 11.9 Å². The first-order valence-corrected chi connectivity index (χ1v) is 6.23. The van der Waals surface area contributed by atoms with E-state index in [1.165, 1.54) is 0 Å². The minimum absolute atomic E-state index is 0.113. The first-order chi connectivity index (χ1) is 9.15. The largest absolute Gasteiger partial charge is 0.464 e. The molecule has 19 heavy (non-hydrogen) atoms. The number of furan rings is 1. The molecular weight excluding hydrogens is 240 g/mol. The summed E-state index contributed by atoms with van der Waals surface area (Å²) >= 11 is 0. The second-order valence-corrected chi connectivity index (χ2v) is 4.51. The van der Waals surface area contributed by atoms with Crippen LogP contribution in [0.15, 0.2) is 46.9 Å². The van der Waals surface area contributed by atoms with E-state index in [0.717, 1.165) is 17.1 Å². The van der Waals surface area contributed by atoms with Crippen LogP contribution >= 0.6 is 0 Å².